The van der Waals surface area contributed by atoms with Gasteiger partial charge in [-0.05, 0) is 59.0 Å². The predicted molar refractivity (Wildman–Crippen MR) is 107 cm³/mol. The standard InChI is InChI=1S/C19H21BrN4O3/c1-13-4-5-16(18(17(13)20)24(26)27)23-9-6-15(7-10-23)19(25)22-12-14-3-2-8-21-11-14/h2-5,8,11,15H,6-7,9-10,12H2,1H3,(H,22,25). The van der Waals surface area contributed by atoms with E-state index in [1.807, 2.05) is 30.0 Å². The van der Waals surface area contributed by atoms with Gasteiger partial charge in [-0.15, -0.1) is 0 Å². The first-order valence-electron chi connectivity index (χ1n) is 8.82. The predicted octanol–water partition coefficient (Wildman–Crippen LogP) is 3.59. The lowest BCUT2D eigenvalue weighted by Gasteiger charge is -2.33. The lowest BCUT2D eigenvalue weighted by Crippen LogP contribution is -2.40. The minimum absolute atomic E-state index is 0.0260. The molecule has 1 fully saturated rings. The number of nitro groups is 1. The molecule has 2 heterocycles. The average molecular weight is 433 g/mol. The maximum absolute atomic E-state index is 12.4. The van der Waals surface area contributed by atoms with Gasteiger partial charge in [0.05, 0.1) is 4.92 Å². The van der Waals surface area contributed by atoms with Gasteiger partial charge in [0.2, 0.25) is 5.91 Å². The number of nitrogens with one attached hydrogen (secondary N) is 1. The first-order valence-corrected chi connectivity index (χ1v) is 9.61. The van der Waals surface area contributed by atoms with Gasteiger partial charge < -0.3 is 10.2 Å². The number of piperidine rings is 1. The first kappa shape index (κ1) is 19.3. The number of carbonyl (C=O) groups is 1. The second-order valence-corrected chi connectivity index (χ2v) is 7.45. The number of anilines is 1. The van der Waals surface area contributed by atoms with E-state index in [0.717, 1.165) is 11.1 Å². The van der Waals surface area contributed by atoms with Crippen LogP contribution in [0.2, 0.25) is 0 Å². The highest BCUT2D eigenvalue weighted by Crippen LogP contribution is 2.39. The SMILES string of the molecule is Cc1ccc(N2CCC(C(=O)NCc3cccnc3)CC2)c([N+](=O)[O-])c1Br. The minimum atomic E-state index is -0.348. The number of halogens is 1. The Balaban J connectivity index is 1.61. The number of rotatable bonds is 5. The molecule has 3 rings (SSSR count). The van der Waals surface area contributed by atoms with Crippen LogP contribution in [0.1, 0.15) is 24.0 Å². The molecule has 0 aliphatic carbocycles. The Hall–Kier alpha value is -2.48. The molecule has 1 amide bonds. The van der Waals surface area contributed by atoms with E-state index in [-0.39, 0.29) is 22.4 Å². The van der Waals surface area contributed by atoms with Crippen molar-refractivity contribution in [2.24, 2.45) is 5.92 Å². The van der Waals surface area contributed by atoms with E-state index in [0.29, 0.717) is 42.6 Å². The van der Waals surface area contributed by atoms with E-state index in [1.54, 1.807) is 18.5 Å². The summed E-state index contributed by atoms with van der Waals surface area (Å²) in [5.41, 5.74) is 2.49. The second-order valence-electron chi connectivity index (χ2n) is 6.66. The highest BCUT2D eigenvalue weighted by atomic mass is 79.9. The lowest BCUT2D eigenvalue weighted by molar-refractivity contribution is -0.385. The van der Waals surface area contributed by atoms with E-state index in [9.17, 15) is 14.9 Å². The van der Waals surface area contributed by atoms with Crippen LogP contribution in [0.4, 0.5) is 11.4 Å². The number of hydrogen-bond donors (Lipinski definition) is 1. The third kappa shape index (κ3) is 4.44. The van der Waals surface area contributed by atoms with Gasteiger partial charge in [0.1, 0.15) is 10.2 Å². The molecule has 0 unspecified atom stereocenters. The zero-order valence-electron chi connectivity index (χ0n) is 15.0. The van der Waals surface area contributed by atoms with E-state index in [1.165, 1.54) is 0 Å². The molecule has 0 atom stereocenters. The monoisotopic (exact) mass is 432 g/mol. The van der Waals surface area contributed by atoms with Crippen LogP contribution in [-0.4, -0.2) is 28.9 Å². The quantitative estimate of drug-likeness (QED) is 0.575. The molecule has 1 saturated heterocycles. The summed E-state index contributed by atoms with van der Waals surface area (Å²) in [7, 11) is 0. The van der Waals surface area contributed by atoms with Crippen molar-refractivity contribution in [3.05, 3.63) is 62.4 Å². The summed E-state index contributed by atoms with van der Waals surface area (Å²) in [6.07, 6.45) is 4.77. The first-order chi connectivity index (χ1) is 13.0. The van der Waals surface area contributed by atoms with Crippen molar-refractivity contribution in [3.63, 3.8) is 0 Å². The van der Waals surface area contributed by atoms with Crippen LogP contribution in [0.5, 0.6) is 0 Å². The van der Waals surface area contributed by atoms with Gasteiger partial charge in [-0.1, -0.05) is 12.1 Å². The smallest absolute Gasteiger partial charge is 0.306 e. The summed E-state index contributed by atoms with van der Waals surface area (Å²) in [6.45, 7) is 3.52. The van der Waals surface area contributed by atoms with Gasteiger partial charge >= 0.3 is 5.69 Å². The molecule has 0 radical (unpaired) electrons. The van der Waals surface area contributed by atoms with Crippen molar-refractivity contribution in [2.75, 3.05) is 18.0 Å². The number of benzene rings is 1. The molecule has 1 aromatic heterocycles. The van der Waals surface area contributed by atoms with Gasteiger partial charge in [-0.25, -0.2) is 0 Å². The van der Waals surface area contributed by atoms with Gasteiger partial charge in [0.15, 0.2) is 0 Å². The Kier molecular flexibility index (Phi) is 6.05. The molecule has 1 aromatic carbocycles. The molecular weight excluding hydrogens is 412 g/mol. The van der Waals surface area contributed by atoms with Crippen LogP contribution in [0.15, 0.2) is 41.1 Å². The van der Waals surface area contributed by atoms with E-state index >= 15 is 0 Å². The fourth-order valence-corrected chi connectivity index (χ4v) is 3.78. The van der Waals surface area contributed by atoms with Crippen LogP contribution in [0.3, 0.4) is 0 Å². The van der Waals surface area contributed by atoms with Crippen molar-refractivity contribution in [2.45, 2.75) is 26.3 Å². The van der Waals surface area contributed by atoms with Gasteiger partial charge in [0, 0.05) is 37.9 Å². The number of pyridine rings is 1. The van der Waals surface area contributed by atoms with Gasteiger partial charge in [0.25, 0.3) is 0 Å². The zero-order chi connectivity index (χ0) is 19.4. The molecule has 1 aliphatic rings. The molecule has 1 aliphatic heterocycles. The van der Waals surface area contributed by atoms with Crippen molar-refractivity contribution >= 4 is 33.2 Å². The van der Waals surface area contributed by atoms with Crippen molar-refractivity contribution in [1.29, 1.82) is 0 Å². The van der Waals surface area contributed by atoms with Crippen LogP contribution < -0.4 is 10.2 Å². The summed E-state index contributed by atoms with van der Waals surface area (Å²) in [5.74, 6) is -0.0519. The Labute approximate surface area is 166 Å². The summed E-state index contributed by atoms with van der Waals surface area (Å²) in [6, 6.07) is 7.43. The molecule has 0 saturated carbocycles. The van der Waals surface area contributed by atoms with E-state index in [2.05, 4.69) is 26.2 Å². The fraction of sp³-hybridized carbons (Fsp3) is 0.368. The molecular formula is C19H21BrN4O3. The number of nitro benzene ring substituents is 1. The van der Waals surface area contributed by atoms with E-state index in [4.69, 9.17) is 0 Å². The number of amides is 1. The van der Waals surface area contributed by atoms with Crippen molar-refractivity contribution in [3.8, 4) is 0 Å². The second kappa shape index (κ2) is 8.47. The topological polar surface area (TPSA) is 88.4 Å². The molecule has 0 spiro atoms. The highest BCUT2D eigenvalue weighted by molar-refractivity contribution is 9.10. The Morgan fingerprint density at radius 1 is 1.37 bits per heavy atom. The summed E-state index contributed by atoms with van der Waals surface area (Å²) < 4.78 is 0.515. The van der Waals surface area contributed by atoms with Gasteiger partial charge in [-0.2, -0.15) is 0 Å². The molecule has 2 aromatic rings. The number of aromatic nitrogens is 1. The van der Waals surface area contributed by atoms with Crippen LogP contribution in [0.25, 0.3) is 0 Å². The number of nitrogens with zero attached hydrogens (tertiary/aromatic N) is 3. The molecule has 27 heavy (non-hydrogen) atoms. The maximum atomic E-state index is 12.4. The third-order valence-electron chi connectivity index (χ3n) is 4.87. The molecule has 142 valence electrons. The van der Waals surface area contributed by atoms with Crippen LogP contribution in [0, 0.1) is 23.0 Å². The fourth-order valence-electron chi connectivity index (χ4n) is 3.30. The zero-order valence-corrected chi connectivity index (χ0v) is 16.6. The number of carbonyl (C=O) groups excluding carboxylic acids is 1. The summed E-state index contributed by atoms with van der Waals surface area (Å²) >= 11 is 3.34. The third-order valence-corrected chi connectivity index (χ3v) is 5.87. The molecule has 1 N–H and O–H groups in total. The molecule has 7 nitrogen and oxygen atoms in total. The number of hydrogen-bond acceptors (Lipinski definition) is 5. The summed E-state index contributed by atoms with van der Waals surface area (Å²) in [4.78, 5) is 29.6. The Morgan fingerprint density at radius 3 is 2.74 bits per heavy atom. The minimum Gasteiger partial charge on any atom is -0.366 e. The van der Waals surface area contributed by atoms with Crippen molar-refractivity contribution < 1.29 is 9.72 Å². The van der Waals surface area contributed by atoms with Crippen LogP contribution >= 0.6 is 15.9 Å². The number of aryl methyl sites for hydroxylation is 1. The normalized spacial score (nSPS) is 14.8. The Bertz CT molecular complexity index is 836. The van der Waals surface area contributed by atoms with Gasteiger partial charge in [-0.3, -0.25) is 19.9 Å². The van der Waals surface area contributed by atoms with Crippen LogP contribution in [-0.2, 0) is 11.3 Å². The van der Waals surface area contributed by atoms with E-state index < -0.39 is 0 Å². The average Bonchev–Trinajstić information content (AvgIpc) is 2.68. The largest absolute Gasteiger partial charge is 0.366 e. The Morgan fingerprint density at radius 2 is 2.11 bits per heavy atom. The summed E-state index contributed by atoms with van der Waals surface area (Å²) in [5, 5.41) is 14.5. The molecule has 0 bridgehead atoms. The highest BCUT2D eigenvalue weighted by Gasteiger charge is 2.29. The lowest BCUT2D eigenvalue weighted by atomic mass is 9.95. The van der Waals surface area contributed by atoms with Crippen molar-refractivity contribution in [1.82, 2.24) is 10.3 Å². The maximum Gasteiger partial charge on any atom is 0.306 e. The molecule has 8 heteroatoms.